The van der Waals surface area contributed by atoms with Crippen LogP contribution in [0.4, 0.5) is 10.1 Å². The number of rotatable bonds is 5. The van der Waals surface area contributed by atoms with Crippen LogP contribution in [0.2, 0.25) is 20.2 Å². The lowest BCUT2D eigenvalue weighted by Gasteiger charge is -2.14. The fraction of sp³-hybridized carbons (Fsp3) is 0.111. The molecule has 0 bridgehead atoms. The van der Waals surface area contributed by atoms with Crippen molar-refractivity contribution in [3.8, 4) is 11.5 Å². The Labute approximate surface area is 185 Å². The second-order valence-electron chi connectivity index (χ2n) is 5.93. The number of aromatic nitrogens is 2. The smallest absolute Gasteiger partial charge is 0.271 e. The molecular formula is C18H13Cl4FN4O2. The van der Waals surface area contributed by atoms with Crippen molar-refractivity contribution in [2.45, 2.75) is 13.5 Å². The van der Waals surface area contributed by atoms with E-state index in [2.05, 4.69) is 15.3 Å². The molecule has 1 aromatic heterocycles. The lowest BCUT2D eigenvalue weighted by Crippen LogP contribution is -2.24. The third-order valence-corrected chi connectivity index (χ3v) is 5.01. The van der Waals surface area contributed by atoms with Gasteiger partial charge in [-0.3, -0.25) is 4.79 Å². The van der Waals surface area contributed by atoms with Crippen LogP contribution < -0.4 is 15.8 Å². The number of H-pyrrole nitrogens is 1. The van der Waals surface area contributed by atoms with Crippen molar-refractivity contribution in [1.82, 2.24) is 15.3 Å². The van der Waals surface area contributed by atoms with Crippen LogP contribution >= 0.6 is 46.4 Å². The third-order valence-electron chi connectivity index (χ3n) is 3.82. The Morgan fingerprint density at radius 1 is 1.28 bits per heavy atom. The van der Waals surface area contributed by atoms with Gasteiger partial charge in [0.25, 0.3) is 5.91 Å². The van der Waals surface area contributed by atoms with Crippen LogP contribution in [0.1, 0.15) is 21.9 Å². The molecule has 29 heavy (non-hydrogen) atoms. The molecule has 0 saturated carbocycles. The number of aromatic amines is 1. The molecule has 6 nitrogen and oxygen atoms in total. The van der Waals surface area contributed by atoms with E-state index in [4.69, 9.17) is 56.9 Å². The number of carbonyl (C=O) groups is 1. The van der Waals surface area contributed by atoms with E-state index in [0.29, 0.717) is 5.82 Å². The average Bonchev–Trinajstić information content (AvgIpc) is 2.99. The largest absolute Gasteiger partial charge is 0.451 e. The number of amides is 1. The Balaban J connectivity index is 1.84. The van der Waals surface area contributed by atoms with E-state index in [1.165, 1.54) is 24.3 Å². The van der Waals surface area contributed by atoms with Crippen molar-refractivity contribution in [3.63, 3.8) is 0 Å². The van der Waals surface area contributed by atoms with Gasteiger partial charge < -0.3 is 20.8 Å². The highest BCUT2D eigenvalue weighted by Crippen LogP contribution is 2.40. The van der Waals surface area contributed by atoms with Crippen molar-refractivity contribution in [3.05, 3.63) is 67.4 Å². The monoisotopic (exact) mass is 476 g/mol. The molecule has 0 aliphatic carbocycles. The van der Waals surface area contributed by atoms with Crippen LogP contribution in [0.5, 0.6) is 11.5 Å². The number of hydrogen-bond donors (Lipinski definition) is 3. The summed E-state index contributed by atoms with van der Waals surface area (Å²) in [6.07, 6.45) is 0. The first-order chi connectivity index (χ1) is 13.7. The molecule has 4 N–H and O–H groups in total. The minimum atomic E-state index is -0.778. The number of ether oxygens (including phenoxy) is 1. The number of nitrogens with two attached hydrogens (primary N) is 1. The van der Waals surface area contributed by atoms with Gasteiger partial charge in [-0.2, -0.15) is 0 Å². The molecule has 2 aromatic carbocycles. The highest BCUT2D eigenvalue weighted by molar-refractivity contribution is 6.36. The molecule has 0 fully saturated rings. The fourth-order valence-corrected chi connectivity index (χ4v) is 3.26. The van der Waals surface area contributed by atoms with E-state index in [1.54, 1.807) is 6.92 Å². The SMILES string of the molecule is Cc1nc(Cl)c(C(=O)NCc2ccc(Cl)c(Oc3cc(Cl)cc(N)c3Cl)c2F)[nH]1. The number of hydrogen-bond acceptors (Lipinski definition) is 4. The zero-order valence-electron chi connectivity index (χ0n) is 14.7. The number of imidazole rings is 1. The van der Waals surface area contributed by atoms with Gasteiger partial charge in [-0.15, -0.1) is 0 Å². The molecule has 0 unspecified atom stereocenters. The maximum atomic E-state index is 15.0. The number of benzene rings is 2. The molecule has 0 aliphatic rings. The van der Waals surface area contributed by atoms with Crippen molar-refractivity contribution >= 4 is 58.0 Å². The number of aryl methyl sites for hydroxylation is 1. The maximum Gasteiger partial charge on any atom is 0.271 e. The van der Waals surface area contributed by atoms with Crippen LogP contribution in [0.3, 0.4) is 0 Å². The Kier molecular flexibility index (Phi) is 6.43. The Hall–Kier alpha value is -2.19. The molecule has 3 rings (SSSR count). The number of nitrogens with zero attached hydrogens (tertiary/aromatic N) is 1. The van der Waals surface area contributed by atoms with Gasteiger partial charge >= 0.3 is 0 Å². The summed E-state index contributed by atoms with van der Waals surface area (Å²) in [4.78, 5) is 18.9. The summed E-state index contributed by atoms with van der Waals surface area (Å²) in [6.45, 7) is 1.50. The number of nitrogens with one attached hydrogen (secondary N) is 2. The van der Waals surface area contributed by atoms with Crippen molar-refractivity contribution < 1.29 is 13.9 Å². The van der Waals surface area contributed by atoms with E-state index in [9.17, 15) is 9.18 Å². The first-order valence-corrected chi connectivity index (χ1v) is 9.58. The predicted molar refractivity (Wildman–Crippen MR) is 112 cm³/mol. The topological polar surface area (TPSA) is 93.0 Å². The van der Waals surface area contributed by atoms with Gasteiger partial charge in [0, 0.05) is 23.2 Å². The van der Waals surface area contributed by atoms with Crippen LogP contribution in [0, 0.1) is 12.7 Å². The second-order valence-corrected chi connectivity index (χ2v) is 7.51. The predicted octanol–water partition coefficient (Wildman–Crippen LogP) is 5.78. The first kappa shape index (κ1) is 21.5. The van der Waals surface area contributed by atoms with Gasteiger partial charge in [0.15, 0.2) is 16.7 Å². The molecular weight excluding hydrogens is 465 g/mol. The van der Waals surface area contributed by atoms with E-state index < -0.39 is 11.7 Å². The van der Waals surface area contributed by atoms with E-state index in [1.807, 2.05) is 0 Å². The fourth-order valence-electron chi connectivity index (χ4n) is 2.45. The Morgan fingerprint density at radius 2 is 2.00 bits per heavy atom. The summed E-state index contributed by atoms with van der Waals surface area (Å²) in [5.41, 5.74) is 6.11. The van der Waals surface area contributed by atoms with E-state index in [-0.39, 0.29) is 55.2 Å². The highest BCUT2D eigenvalue weighted by atomic mass is 35.5. The number of nitrogen functional groups attached to an aromatic ring is 1. The van der Waals surface area contributed by atoms with Crippen molar-refractivity contribution in [2.75, 3.05) is 5.73 Å². The maximum absolute atomic E-state index is 15.0. The molecule has 0 saturated heterocycles. The lowest BCUT2D eigenvalue weighted by molar-refractivity contribution is 0.0946. The summed E-state index contributed by atoms with van der Waals surface area (Å²) in [6, 6.07) is 5.66. The zero-order chi connectivity index (χ0) is 21.3. The second kappa shape index (κ2) is 8.67. The van der Waals surface area contributed by atoms with Crippen molar-refractivity contribution in [1.29, 1.82) is 0 Å². The third kappa shape index (κ3) is 4.70. The molecule has 0 aliphatic heterocycles. The summed E-state index contributed by atoms with van der Waals surface area (Å²) in [5.74, 6) is -1.08. The van der Waals surface area contributed by atoms with Crippen LogP contribution in [-0.2, 0) is 6.54 Å². The number of halogens is 5. The molecule has 1 heterocycles. The van der Waals surface area contributed by atoms with Gasteiger partial charge in [-0.25, -0.2) is 9.37 Å². The highest BCUT2D eigenvalue weighted by Gasteiger charge is 2.19. The van der Waals surface area contributed by atoms with Gasteiger partial charge in [-0.05, 0) is 19.1 Å². The normalized spacial score (nSPS) is 10.8. The van der Waals surface area contributed by atoms with Crippen molar-refractivity contribution in [2.24, 2.45) is 0 Å². The Morgan fingerprint density at radius 3 is 2.66 bits per heavy atom. The molecule has 11 heteroatoms. The van der Waals surface area contributed by atoms with Gasteiger partial charge in [0.1, 0.15) is 22.3 Å². The van der Waals surface area contributed by atoms with Gasteiger partial charge in [0.05, 0.1) is 10.7 Å². The molecule has 1 amide bonds. The zero-order valence-corrected chi connectivity index (χ0v) is 17.8. The molecule has 0 radical (unpaired) electrons. The summed E-state index contributed by atoms with van der Waals surface area (Å²) >= 11 is 24.0. The van der Waals surface area contributed by atoms with E-state index >= 15 is 0 Å². The molecule has 152 valence electrons. The standard InChI is InChI=1S/C18H13Cl4FN4O2/c1-7-26-15(17(22)27-7)18(28)25-6-8-2-3-10(20)16(14(8)23)29-12-5-9(19)4-11(24)13(12)21/h2-5H,6,24H2,1H3,(H,25,28)(H,26,27). The quantitative estimate of drug-likeness (QED) is 0.406. The average molecular weight is 478 g/mol. The minimum absolute atomic E-state index is 0.000530. The first-order valence-electron chi connectivity index (χ1n) is 8.07. The van der Waals surface area contributed by atoms with Gasteiger partial charge in [0.2, 0.25) is 0 Å². The van der Waals surface area contributed by atoms with E-state index in [0.717, 1.165) is 0 Å². The molecule has 0 spiro atoms. The summed E-state index contributed by atoms with van der Waals surface area (Å²) in [5, 5.41) is 2.89. The number of carbonyl (C=O) groups excluding carboxylic acids is 1. The number of anilines is 1. The van der Waals surface area contributed by atoms with Crippen LogP contribution in [0.15, 0.2) is 24.3 Å². The van der Waals surface area contributed by atoms with Crippen LogP contribution in [0.25, 0.3) is 0 Å². The Bertz CT molecular complexity index is 1100. The minimum Gasteiger partial charge on any atom is -0.451 e. The van der Waals surface area contributed by atoms with Gasteiger partial charge in [-0.1, -0.05) is 52.5 Å². The summed E-state index contributed by atoms with van der Waals surface area (Å²) in [7, 11) is 0. The summed E-state index contributed by atoms with van der Waals surface area (Å²) < 4.78 is 20.5. The molecule has 0 atom stereocenters. The molecule has 3 aromatic rings. The lowest BCUT2D eigenvalue weighted by atomic mass is 10.2. The van der Waals surface area contributed by atoms with Crippen LogP contribution in [-0.4, -0.2) is 15.9 Å².